The number of methoxy groups -OCH3 is 1. The van der Waals surface area contributed by atoms with Gasteiger partial charge >= 0.3 is 0 Å². The van der Waals surface area contributed by atoms with E-state index >= 15 is 0 Å². The Balaban J connectivity index is 1.45. The Labute approximate surface area is 213 Å². The molecule has 0 saturated carbocycles. The molecule has 0 radical (unpaired) electrons. The Hall–Kier alpha value is -3.20. The molecule has 1 saturated heterocycles. The summed E-state index contributed by atoms with van der Waals surface area (Å²) in [5, 5.41) is 0. The van der Waals surface area contributed by atoms with Crippen molar-refractivity contribution in [1.82, 2.24) is 14.5 Å². The first-order valence-electron chi connectivity index (χ1n) is 12.1. The van der Waals surface area contributed by atoms with Gasteiger partial charge in [0.2, 0.25) is 15.9 Å². The summed E-state index contributed by atoms with van der Waals surface area (Å²) in [6, 6.07) is 27.4. The van der Waals surface area contributed by atoms with Crippen LogP contribution in [0.5, 0.6) is 5.75 Å². The monoisotopic (exact) mass is 507 g/mol. The van der Waals surface area contributed by atoms with Gasteiger partial charge < -0.3 is 9.64 Å². The van der Waals surface area contributed by atoms with Crippen molar-refractivity contribution in [1.29, 1.82) is 0 Å². The number of carbonyl (C=O) groups is 1. The first-order valence-corrected chi connectivity index (χ1v) is 14.0. The van der Waals surface area contributed by atoms with Gasteiger partial charge in [0.25, 0.3) is 0 Å². The van der Waals surface area contributed by atoms with Crippen LogP contribution in [0, 0.1) is 0 Å². The fraction of sp³-hybridized carbons (Fsp3) is 0.321. The summed E-state index contributed by atoms with van der Waals surface area (Å²) < 4.78 is 31.9. The molecule has 8 heteroatoms. The Kier molecular flexibility index (Phi) is 8.40. The summed E-state index contributed by atoms with van der Waals surface area (Å²) in [6.45, 7) is 2.63. The van der Waals surface area contributed by atoms with Crippen LogP contribution in [0.15, 0.2) is 84.9 Å². The number of nitrogens with one attached hydrogen (secondary N) is 1. The maximum absolute atomic E-state index is 13.3. The Bertz CT molecular complexity index is 1190. The minimum absolute atomic E-state index is 0.0558. The lowest BCUT2D eigenvalue weighted by Crippen LogP contribution is -2.50. The molecule has 0 aromatic heterocycles. The SMILES string of the molecule is COc1ccc(C(CC(=O)N2CCN(C(c3ccccc3)c3ccccc3)CC2)NS(C)(=O)=O)cc1. The molecule has 4 rings (SSSR count). The minimum Gasteiger partial charge on any atom is -0.497 e. The third-order valence-electron chi connectivity index (χ3n) is 6.52. The van der Waals surface area contributed by atoms with Crippen LogP contribution in [0.2, 0.25) is 0 Å². The van der Waals surface area contributed by atoms with Gasteiger partial charge in [0.05, 0.1) is 25.4 Å². The first kappa shape index (κ1) is 25.9. The number of hydrogen-bond acceptors (Lipinski definition) is 5. The molecule has 7 nitrogen and oxygen atoms in total. The van der Waals surface area contributed by atoms with Gasteiger partial charge in [-0.1, -0.05) is 72.8 Å². The van der Waals surface area contributed by atoms with Gasteiger partial charge in [-0.3, -0.25) is 9.69 Å². The van der Waals surface area contributed by atoms with E-state index in [9.17, 15) is 13.2 Å². The van der Waals surface area contributed by atoms with Crippen LogP contribution in [0.4, 0.5) is 0 Å². The van der Waals surface area contributed by atoms with E-state index in [4.69, 9.17) is 4.74 Å². The van der Waals surface area contributed by atoms with Gasteiger partial charge in [-0.05, 0) is 28.8 Å². The molecule has 1 amide bonds. The van der Waals surface area contributed by atoms with Crippen molar-refractivity contribution in [3.05, 3.63) is 102 Å². The van der Waals surface area contributed by atoms with E-state index < -0.39 is 16.1 Å². The normalized spacial score (nSPS) is 15.6. The van der Waals surface area contributed by atoms with Crippen LogP contribution < -0.4 is 9.46 Å². The van der Waals surface area contributed by atoms with Crippen LogP contribution in [-0.4, -0.2) is 63.7 Å². The highest BCUT2D eigenvalue weighted by molar-refractivity contribution is 7.88. The topological polar surface area (TPSA) is 79.0 Å². The van der Waals surface area contributed by atoms with Gasteiger partial charge in [-0.2, -0.15) is 0 Å². The van der Waals surface area contributed by atoms with Crippen molar-refractivity contribution in [2.45, 2.75) is 18.5 Å². The number of nitrogens with zero attached hydrogens (tertiary/aromatic N) is 2. The highest BCUT2D eigenvalue weighted by atomic mass is 32.2. The number of sulfonamides is 1. The second kappa shape index (κ2) is 11.7. The van der Waals surface area contributed by atoms with Crippen molar-refractivity contribution in [3.63, 3.8) is 0 Å². The van der Waals surface area contributed by atoms with Crippen LogP contribution in [0.1, 0.15) is 35.2 Å². The van der Waals surface area contributed by atoms with E-state index in [1.54, 1.807) is 31.4 Å². The van der Waals surface area contributed by atoms with Gasteiger partial charge in [-0.25, -0.2) is 13.1 Å². The number of hydrogen-bond donors (Lipinski definition) is 1. The van der Waals surface area contributed by atoms with Crippen molar-refractivity contribution >= 4 is 15.9 Å². The zero-order valence-corrected chi connectivity index (χ0v) is 21.5. The summed E-state index contributed by atoms with van der Waals surface area (Å²) in [6.07, 6.45) is 1.17. The molecule has 1 fully saturated rings. The predicted octanol–water partition coefficient (Wildman–Crippen LogP) is 3.61. The molecule has 190 valence electrons. The van der Waals surface area contributed by atoms with E-state index in [1.807, 2.05) is 17.0 Å². The lowest BCUT2D eigenvalue weighted by atomic mass is 9.96. The maximum atomic E-state index is 13.3. The van der Waals surface area contributed by atoms with Crippen LogP contribution >= 0.6 is 0 Å². The van der Waals surface area contributed by atoms with E-state index in [1.165, 1.54) is 11.1 Å². The average molecular weight is 508 g/mol. The van der Waals surface area contributed by atoms with Crippen molar-refractivity contribution in [3.8, 4) is 5.75 Å². The second-order valence-electron chi connectivity index (χ2n) is 9.06. The zero-order chi connectivity index (χ0) is 25.5. The molecule has 0 bridgehead atoms. The molecule has 1 aliphatic rings. The van der Waals surface area contributed by atoms with Crippen molar-refractivity contribution < 1.29 is 17.9 Å². The molecule has 0 spiro atoms. The second-order valence-corrected chi connectivity index (χ2v) is 10.8. The smallest absolute Gasteiger partial charge is 0.224 e. The number of amides is 1. The summed E-state index contributed by atoms with van der Waals surface area (Å²) >= 11 is 0. The van der Waals surface area contributed by atoms with E-state index in [0.29, 0.717) is 18.8 Å². The quantitative estimate of drug-likeness (QED) is 0.479. The van der Waals surface area contributed by atoms with E-state index in [2.05, 4.69) is 58.2 Å². The Morgan fingerprint density at radius 1 is 0.833 bits per heavy atom. The van der Waals surface area contributed by atoms with Crippen LogP contribution in [0.25, 0.3) is 0 Å². The molecule has 0 aliphatic carbocycles. The fourth-order valence-corrected chi connectivity index (χ4v) is 5.48. The number of carbonyl (C=O) groups excluding carboxylic acids is 1. The number of benzene rings is 3. The number of ether oxygens (including phenoxy) is 1. The number of rotatable bonds is 9. The number of piperazine rings is 1. The molecular weight excluding hydrogens is 474 g/mol. The van der Waals surface area contributed by atoms with Gasteiger partial charge in [-0.15, -0.1) is 0 Å². The van der Waals surface area contributed by atoms with Crippen LogP contribution in [-0.2, 0) is 14.8 Å². The van der Waals surface area contributed by atoms with Crippen molar-refractivity contribution in [2.75, 3.05) is 39.5 Å². The summed E-state index contributed by atoms with van der Waals surface area (Å²) in [5.41, 5.74) is 3.17. The molecule has 36 heavy (non-hydrogen) atoms. The standard InChI is InChI=1S/C28H33N3O4S/c1-35-25-15-13-22(14-16-25)26(29-36(2,33)34)21-27(32)30-17-19-31(20-18-30)28(23-9-5-3-6-10-23)24-11-7-4-8-12-24/h3-16,26,28-29H,17-21H2,1-2H3. The lowest BCUT2D eigenvalue weighted by Gasteiger charge is -2.40. The summed E-state index contributed by atoms with van der Waals surface area (Å²) in [4.78, 5) is 17.5. The predicted molar refractivity (Wildman–Crippen MR) is 141 cm³/mol. The van der Waals surface area contributed by atoms with Gasteiger partial charge in [0.15, 0.2) is 0 Å². The average Bonchev–Trinajstić information content (AvgIpc) is 2.89. The molecule has 1 atom stereocenters. The van der Waals surface area contributed by atoms with Crippen molar-refractivity contribution in [2.24, 2.45) is 0 Å². The summed E-state index contributed by atoms with van der Waals surface area (Å²) in [5.74, 6) is 0.605. The van der Waals surface area contributed by atoms with Gasteiger partial charge in [0.1, 0.15) is 5.75 Å². The molecule has 1 unspecified atom stereocenters. The Morgan fingerprint density at radius 2 is 1.36 bits per heavy atom. The zero-order valence-electron chi connectivity index (χ0n) is 20.7. The maximum Gasteiger partial charge on any atom is 0.224 e. The summed E-state index contributed by atoms with van der Waals surface area (Å²) in [7, 11) is -1.93. The third kappa shape index (κ3) is 6.72. The molecule has 3 aromatic carbocycles. The molecule has 3 aromatic rings. The largest absolute Gasteiger partial charge is 0.497 e. The highest BCUT2D eigenvalue weighted by Crippen LogP contribution is 2.30. The first-order chi connectivity index (χ1) is 17.3. The van der Waals surface area contributed by atoms with Gasteiger partial charge in [0, 0.05) is 32.6 Å². The lowest BCUT2D eigenvalue weighted by molar-refractivity contribution is -0.133. The fourth-order valence-electron chi connectivity index (χ4n) is 4.74. The molecule has 1 heterocycles. The highest BCUT2D eigenvalue weighted by Gasteiger charge is 2.30. The van der Waals surface area contributed by atoms with Crippen LogP contribution in [0.3, 0.4) is 0 Å². The Morgan fingerprint density at radius 3 is 1.83 bits per heavy atom. The van der Waals surface area contributed by atoms with E-state index in [-0.39, 0.29) is 18.4 Å². The minimum atomic E-state index is -3.51. The third-order valence-corrected chi connectivity index (χ3v) is 7.23. The molecular formula is C28H33N3O4S. The molecule has 1 N–H and O–H groups in total. The molecule has 1 aliphatic heterocycles. The van der Waals surface area contributed by atoms with E-state index in [0.717, 1.165) is 24.9 Å².